The van der Waals surface area contributed by atoms with Crippen molar-refractivity contribution < 1.29 is 9.90 Å². The van der Waals surface area contributed by atoms with Crippen molar-refractivity contribution in [1.29, 1.82) is 0 Å². The maximum atomic E-state index is 12.3. The van der Waals surface area contributed by atoms with Crippen LogP contribution in [0.3, 0.4) is 0 Å². The van der Waals surface area contributed by atoms with Crippen LogP contribution in [0.25, 0.3) is 0 Å². The highest BCUT2D eigenvalue weighted by molar-refractivity contribution is 5.89. The van der Waals surface area contributed by atoms with E-state index in [1.807, 2.05) is 0 Å². The van der Waals surface area contributed by atoms with Crippen LogP contribution in [0.2, 0.25) is 0 Å². The number of hydrogen-bond donors (Lipinski definition) is 1. The molecule has 0 aromatic carbocycles. The average molecular weight is 236 g/mol. The Balaban J connectivity index is 2.13. The van der Waals surface area contributed by atoms with Gasteiger partial charge in [0.05, 0.1) is 0 Å². The molecule has 0 aromatic rings. The third-order valence-corrected chi connectivity index (χ3v) is 6.68. The Labute approximate surface area is 104 Å². The standard InChI is InChI=1S/C15H24O2/c1-9-5-6-10-13(2,3)11-7-15(9,10)8-12(16)14(11,4)17/h9-11,17H,5-8H2,1-4H3. The normalized spacial score (nSPS) is 56.1. The molecule has 0 aliphatic heterocycles. The third-order valence-electron chi connectivity index (χ3n) is 6.68. The number of carbonyl (C=O) groups is 1. The molecule has 1 spiro atoms. The van der Waals surface area contributed by atoms with Gasteiger partial charge in [0.25, 0.3) is 0 Å². The van der Waals surface area contributed by atoms with E-state index in [0.717, 1.165) is 6.42 Å². The molecule has 3 aliphatic carbocycles. The highest BCUT2D eigenvalue weighted by atomic mass is 16.3. The third kappa shape index (κ3) is 1.13. The van der Waals surface area contributed by atoms with Crippen LogP contribution in [0.5, 0.6) is 0 Å². The minimum absolute atomic E-state index is 0.0954. The van der Waals surface area contributed by atoms with E-state index in [9.17, 15) is 9.90 Å². The first kappa shape index (κ1) is 11.7. The van der Waals surface area contributed by atoms with E-state index < -0.39 is 5.60 Å². The molecule has 5 atom stereocenters. The van der Waals surface area contributed by atoms with Gasteiger partial charge in [-0.15, -0.1) is 0 Å². The summed E-state index contributed by atoms with van der Waals surface area (Å²) < 4.78 is 0. The lowest BCUT2D eigenvalue weighted by atomic mass is 9.63. The van der Waals surface area contributed by atoms with E-state index in [1.54, 1.807) is 6.92 Å². The van der Waals surface area contributed by atoms with Crippen LogP contribution in [0, 0.1) is 28.6 Å². The Morgan fingerprint density at radius 2 is 1.82 bits per heavy atom. The largest absolute Gasteiger partial charge is 0.382 e. The molecular formula is C15H24O2. The van der Waals surface area contributed by atoms with Gasteiger partial charge in [0.2, 0.25) is 0 Å². The molecule has 0 aromatic heterocycles. The number of fused-ring (bicyclic) bond motifs is 1. The number of Topliss-reactive ketones (excluding diaryl/α,β-unsaturated/α-hetero) is 1. The van der Waals surface area contributed by atoms with Crippen LogP contribution in [0.4, 0.5) is 0 Å². The topological polar surface area (TPSA) is 37.3 Å². The van der Waals surface area contributed by atoms with Gasteiger partial charge in [0.15, 0.2) is 5.78 Å². The summed E-state index contributed by atoms with van der Waals surface area (Å²) in [5.74, 6) is 1.53. The first-order valence-electron chi connectivity index (χ1n) is 6.98. The molecule has 1 N–H and O–H groups in total. The monoisotopic (exact) mass is 236 g/mol. The SMILES string of the molecule is CC1CCC2C(C)(C)C3CC12CC(=O)C3(C)O. The van der Waals surface area contributed by atoms with Crippen molar-refractivity contribution in [3.05, 3.63) is 0 Å². The summed E-state index contributed by atoms with van der Waals surface area (Å²) in [7, 11) is 0. The Bertz CT molecular complexity index is 382. The van der Waals surface area contributed by atoms with Crippen molar-refractivity contribution in [3.63, 3.8) is 0 Å². The summed E-state index contributed by atoms with van der Waals surface area (Å²) in [6.07, 6.45) is 4.18. The van der Waals surface area contributed by atoms with E-state index in [1.165, 1.54) is 12.8 Å². The lowest BCUT2D eigenvalue weighted by Crippen LogP contribution is -2.51. The minimum atomic E-state index is -1.08. The van der Waals surface area contributed by atoms with Gasteiger partial charge in [-0.05, 0) is 48.9 Å². The molecule has 5 unspecified atom stereocenters. The van der Waals surface area contributed by atoms with Crippen molar-refractivity contribution in [2.45, 2.75) is 59.0 Å². The van der Waals surface area contributed by atoms with Gasteiger partial charge >= 0.3 is 0 Å². The van der Waals surface area contributed by atoms with Gasteiger partial charge < -0.3 is 5.11 Å². The molecule has 2 heteroatoms. The minimum Gasteiger partial charge on any atom is -0.382 e. The molecule has 0 heterocycles. The summed E-state index contributed by atoms with van der Waals surface area (Å²) in [5, 5.41) is 10.6. The van der Waals surface area contributed by atoms with Crippen LogP contribution < -0.4 is 0 Å². The number of aliphatic hydroxyl groups is 1. The van der Waals surface area contributed by atoms with Crippen LogP contribution in [0.15, 0.2) is 0 Å². The second kappa shape index (κ2) is 2.96. The lowest BCUT2D eigenvalue weighted by Gasteiger charge is -2.42. The van der Waals surface area contributed by atoms with E-state index >= 15 is 0 Å². The molecule has 2 nitrogen and oxygen atoms in total. The van der Waals surface area contributed by atoms with Crippen molar-refractivity contribution in [2.75, 3.05) is 0 Å². The average Bonchev–Trinajstić information content (AvgIpc) is 2.61. The molecular weight excluding hydrogens is 212 g/mol. The molecule has 96 valence electrons. The number of carbonyl (C=O) groups excluding carboxylic acids is 1. The molecule has 3 aliphatic rings. The van der Waals surface area contributed by atoms with Gasteiger partial charge in [-0.1, -0.05) is 20.8 Å². The molecule has 0 amide bonds. The maximum Gasteiger partial charge on any atom is 0.164 e. The molecule has 3 rings (SSSR count). The van der Waals surface area contributed by atoms with Crippen LogP contribution in [-0.2, 0) is 4.79 Å². The lowest BCUT2D eigenvalue weighted by molar-refractivity contribution is -0.152. The van der Waals surface area contributed by atoms with Gasteiger partial charge in [-0.3, -0.25) is 4.79 Å². The van der Waals surface area contributed by atoms with Crippen LogP contribution in [-0.4, -0.2) is 16.5 Å². The Morgan fingerprint density at radius 3 is 2.47 bits per heavy atom. The summed E-state index contributed by atoms with van der Waals surface area (Å²) in [6.45, 7) is 8.61. The molecule has 3 saturated carbocycles. The fourth-order valence-electron chi connectivity index (χ4n) is 5.64. The van der Waals surface area contributed by atoms with Crippen molar-refractivity contribution in [2.24, 2.45) is 28.6 Å². The van der Waals surface area contributed by atoms with E-state index in [0.29, 0.717) is 18.3 Å². The number of hydrogen-bond acceptors (Lipinski definition) is 2. The maximum absolute atomic E-state index is 12.3. The summed E-state index contributed by atoms with van der Waals surface area (Å²) in [6, 6.07) is 0. The summed E-state index contributed by atoms with van der Waals surface area (Å²) in [4.78, 5) is 12.3. The zero-order chi connectivity index (χ0) is 12.6. The van der Waals surface area contributed by atoms with E-state index in [2.05, 4.69) is 20.8 Å². The van der Waals surface area contributed by atoms with E-state index in [-0.39, 0.29) is 22.5 Å². The van der Waals surface area contributed by atoms with Gasteiger partial charge in [-0.2, -0.15) is 0 Å². The molecule has 3 fully saturated rings. The van der Waals surface area contributed by atoms with Crippen molar-refractivity contribution >= 4 is 5.78 Å². The van der Waals surface area contributed by atoms with Gasteiger partial charge in [0, 0.05) is 12.3 Å². The summed E-state index contributed by atoms with van der Waals surface area (Å²) in [5.41, 5.74) is -0.757. The fraction of sp³-hybridized carbons (Fsp3) is 0.933. The zero-order valence-corrected chi connectivity index (χ0v) is 11.4. The van der Waals surface area contributed by atoms with Crippen LogP contribution in [0.1, 0.15) is 53.4 Å². The molecule has 0 saturated heterocycles. The summed E-state index contributed by atoms with van der Waals surface area (Å²) >= 11 is 0. The molecule has 0 radical (unpaired) electrons. The predicted molar refractivity (Wildman–Crippen MR) is 66.5 cm³/mol. The first-order chi connectivity index (χ1) is 7.73. The van der Waals surface area contributed by atoms with Crippen molar-refractivity contribution in [3.8, 4) is 0 Å². The van der Waals surface area contributed by atoms with Gasteiger partial charge in [-0.25, -0.2) is 0 Å². The molecule has 2 bridgehead atoms. The zero-order valence-electron chi connectivity index (χ0n) is 11.4. The quantitative estimate of drug-likeness (QED) is 0.702. The first-order valence-corrected chi connectivity index (χ1v) is 6.98. The highest BCUT2D eigenvalue weighted by Gasteiger charge is 2.70. The predicted octanol–water partition coefficient (Wildman–Crippen LogP) is 2.79. The number of ketones is 1. The Kier molecular flexibility index (Phi) is 2.04. The second-order valence-corrected chi connectivity index (χ2v) is 7.59. The van der Waals surface area contributed by atoms with E-state index in [4.69, 9.17) is 0 Å². The van der Waals surface area contributed by atoms with Crippen molar-refractivity contribution in [1.82, 2.24) is 0 Å². The second-order valence-electron chi connectivity index (χ2n) is 7.59. The Hall–Kier alpha value is -0.370. The fourth-order valence-corrected chi connectivity index (χ4v) is 5.64. The number of rotatable bonds is 0. The Morgan fingerprint density at radius 1 is 1.18 bits per heavy atom. The smallest absolute Gasteiger partial charge is 0.164 e. The van der Waals surface area contributed by atoms with Crippen LogP contribution >= 0.6 is 0 Å². The van der Waals surface area contributed by atoms with Gasteiger partial charge in [0.1, 0.15) is 5.60 Å². The highest BCUT2D eigenvalue weighted by Crippen LogP contribution is 2.72. The molecule has 17 heavy (non-hydrogen) atoms.